The Morgan fingerprint density at radius 1 is 1.32 bits per heavy atom. The predicted octanol–water partition coefficient (Wildman–Crippen LogP) is 2.08. The number of benzene rings is 1. The second-order valence-corrected chi connectivity index (χ2v) is 8.89. The van der Waals surface area contributed by atoms with Gasteiger partial charge in [-0.15, -0.1) is 11.3 Å². The van der Waals surface area contributed by atoms with Gasteiger partial charge in [0.1, 0.15) is 4.88 Å². The molecule has 0 aliphatic carbocycles. The van der Waals surface area contributed by atoms with E-state index in [1.807, 2.05) is 6.07 Å². The van der Waals surface area contributed by atoms with Crippen molar-refractivity contribution >= 4 is 38.2 Å². The van der Waals surface area contributed by atoms with Crippen molar-refractivity contribution in [1.82, 2.24) is 14.1 Å². The van der Waals surface area contributed by atoms with Crippen molar-refractivity contribution in [2.45, 2.75) is 18.0 Å². The highest BCUT2D eigenvalue weighted by Gasteiger charge is 2.33. The van der Waals surface area contributed by atoms with Gasteiger partial charge in [0, 0.05) is 30.4 Å². The number of carboxylic acids is 1. The minimum Gasteiger partial charge on any atom is -0.477 e. The number of rotatable bonds is 3. The Bertz CT molecular complexity index is 1100. The number of fused-ring (bicyclic) bond motifs is 2. The summed E-state index contributed by atoms with van der Waals surface area (Å²) >= 11 is 1.14. The predicted molar refractivity (Wildman–Crippen MR) is 93.3 cm³/mol. The first kappa shape index (κ1) is 16.2. The van der Waals surface area contributed by atoms with Crippen molar-refractivity contribution in [2.75, 3.05) is 6.54 Å². The van der Waals surface area contributed by atoms with Gasteiger partial charge in [-0.05, 0) is 30.2 Å². The number of thiophene rings is 1. The number of sulfonamides is 1. The Hall–Kier alpha value is -2.23. The van der Waals surface area contributed by atoms with Crippen molar-refractivity contribution in [1.29, 1.82) is 0 Å². The number of hydrogen-bond acceptors (Lipinski definition) is 5. The summed E-state index contributed by atoms with van der Waals surface area (Å²) in [7, 11) is -2.12. The molecule has 3 aromatic rings. The van der Waals surface area contributed by atoms with Crippen LogP contribution in [0.2, 0.25) is 0 Å². The third-order valence-electron chi connectivity index (χ3n) is 4.33. The highest BCUT2D eigenvalue weighted by Crippen LogP contribution is 2.32. The lowest BCUT2D eigenvalue weighted by Crippen LogP contribution is -2.36. The van der Waals surface area contributed by atoms with Gasteiger partial charge >= 0.3 is 5.97 Å². The van der Waals surface area contributed by atoms with Crippen LogP contribution in [-0.4, -0.2) is 40.1 Å². The normalized spacial score (nSPS) is 15.4. The smallest absolute Gasteiger partial charge is 0.345 e. The fourth-order valence-corrected chi connectivity index (χ4v) is 6.01. The summed E-state index contributed by atoms with van der Waals surface area (Å²) in [6.45, 7) is 0.514. The topological polar surface area (TPSA) is 92.5 Å². The molecule has 25 heavy (non-hydrogen) atoms. The highest BCUT2D eigenvalue weighted by molar-refractivity contribution is 7.89. The standard InChI is InChI=1S/C16H15N3O4S2/c1-18-15(11-4-2-3-5-12(11)17-18)25(22,23)19-7-6-10-8-13(16(20)21)24-14(10)9-19/h2-5,8H,6-7,9H2,1H3,(H,20,21). The van der Waals surface area contributed by atoms with E-state index in [0.717, 1.165) is 21.8 Å². The molecule has 0 spiro atoms. The number of aryl methyl sites for hydroxylation is 1. The van der Waals surface area contributed by atoms with E-state index in [-0.39, 0.29) is 16.4 Å². The summed E-state index contributed by atoms with van der Waals surface area (Å²) in [4.78, 5) is 12.2. The molecule has 0 fully saturated rings. The molecule has 1 aromatic carbocycles. The summed E-state index contributed by atoms with van der Waals surface area (Å²) in [6, 6.07) is 8.78. The molecule has 0 saturated carbocycles. The summed E-state index contributed by atoms with van der Waals surface area (Å²) in [6.07, 6.45) is 0.508. The number of aromatic carboxylic acids is 1. The van der Waals surface area contributed by atoms with Crippen LogP contribution >= 0.6 is 11.3 Å². The van der Waals surface area contributed by atoms with Crippen LogP contribution in [0.15, 0.2) is 35.4 Å². The Morgan fingerprint density at radius 2 is 2.08 bits per heavy atom. The van der Waals surface area contributed by atoms with Crippen molar-refractivity contribution < 1.29 is 18.3 Å². The molecule has 1 aliphatic rings. The lowest BCUT2D eigenvalue weighted by atomic mass is 10.1. The molecule has 7 nitrogen and oxygen atoms in total. The Labute approximate surface area is 148 Å². The summed E-state index contributed by atoms with van der Waals surface area (Å²) < 4.78 is 29.2. The molecule has 1 aliphatic heterocycles. The average Bonchev–Trinajstić information content (AvgIpc) is 3.14. The van der Waals surface area contributed by atoms with Crippen LogP contribution in [-0.2, 0) is 30.0 Å². The van der Waals surface area contributed by atoms with Gasteiger partial charge in [-0.25, -0.2) is 13.2 Å². The molecular weight excluding hydrogens is 362 g/mol. The molecule has 130 valence electrons. The third-order valence-corrected chi connectivity index (χ3v) is 7.44. The summed E-state index contributed by atoms with van der Waals surface area (Å²) in [5.74, 6) is -0.980. The number of nitrogens with zero attached hydrogens (tertiary/aromatic N) is 3. The zero-order chi connectivity index (χ0) is 17.8. The number of carbonyl (C=O) groups is 1. The zero-order valence-electron chi connectivity index (χ0n) is 13.3. The monoisotopic (exact) mass is 377 g/mol. The van der Waals surface area contributed by atoms with Crippen molar-refractivity contribution in [3.05, 3.63) is 45.6 Å². The third kappa shape index (κ3) is 2.55. The molecule has 0 saturated heterocycles. The molecule has 0 amide bonds. The maximum atomic E-state index is 13.2. The molecule has 2 aromatic heterocycles. The van der Waals surface area contributed by atoms with E-state index in [4.69, 9.17) is 5.11 Å². The Morgan fingerprint density at radius 3 is 2.84 bits per heavy atom. The van der Waals surface area contributed by atoms with E-state index in [9.17, 15) is 13.2 Å². The van der Waals surface area contributed by atoms with Gasteiger partial charge in [-0.3, -0.25) is 4.68 Å². The van der Waals surface area contributed by atoms with Crippen LogP contribution in [0.1, 0.15) is 20.1 Å². The lowest BCUT2D eigenvalue weighted by Gasteiger charge is -2.26. The van der Waals surface area contributed by atoms with Gasteiger partial charge in [-0.1, -0.05) is 12.1 Å². The van der Waals surface area contributed by atoms with Crippen LogP contribution in [0.4, 0.5) is 0 Å². The molecule has 1 N–H and O–H groups in total. The fourth-order valence-electron chi connectivity index (χ4n) is 3.16. The van der Waals surface area contributed by atoms with Crippen LogP contribution in [0.5, 0.6) is 0 Å². The Balaban J connectivity index is 1.76. The van der Waals surface area contributed by atoms with Crippen LogP contribution in [0, 0.1) is 0 Å². The van der Waals surface area contributed by atoms with Gasteiger partial charge in [0.2, 0.25) is 0 Å². The SMILES string of the molecule is Cn1nc2ccccc2c1S(=O)(=O)N1CCc2cc(C(=O)O)sc2C1. The van der Waals surface area contributed by atoms with Crippen molar-refractivity contribution in [3.8, 4) is 0 Å². The minimum absolute atomic E-state index is 0.168. The van der Waals surface area contributed by atoms with Crippen LogP contribution < -0.4 is 0 Å². The Kier molecular flexibility index (Phi) is 3.67. The number of carboxylic acid groups (broad SMARTS) is 1. The van der Waals surface area contributed by atoms with Crippen LogP contribution in [0.25, 0.3) is 10.9 Å². The van der Waals surface area contributed by atoms with E-state index >= 15 is 0 Å². The molecule has 0 bridgehead atoms. The second kappa shape index (κ2) is 5.65. The van der Waals surface area contributed by atoms with Crippen molar-refractivity contribution in [3.63, 3.8) is 0 Å². The maximum absolute atomic E-state index is 13.2. The van der Waals surface area contributed by atoms with Gasteiger partial charge in [0.15, 0.2) is 5.03 Å². The molecular formula is C16H15N3O4S2. The maximum Gasteiger partial charge on any atom is 0.345 e. The first-order valence-electron chi connectivity index (χ1n) is 7.64. The van der Waals surface area contributed by atoms with E-state index in [0.29, 0.717) is 23.9 Å². The average molecular weight is 377 g/mol. The molecule has 0 radical (unpaired) electrons. The molecule has 0 atom stereocenters. The second-order valence-electron chi connectivity index (χ2n) is 5.90. The first-order chi connectivity index (χ1) is 11.9. The molecule has 9 heteroatoms. The lowest BCUT2D eigenvalue weighted by molar-refractivity contribution is 0.0702. The molecule has 0 unspecified atom stereocenters. The number of aromatic nitrogens is 2. The first-order valence-corrected chi connectivity index (χ1v) is 9.90. The van der Waals surface area contributed by atoms with Gasteiger partial charge in [0.25, 0.3) is 10.0 Å². The molecule has 4 rings (SSSR count). The summed E-state index contributed by atoms with van der Waals surface area (Å²) in [5.41, 5.74) is 1.55. The van der Waals surface area contributed by atoms with Gasteiger partial charge in [-0.2, -0.15) is 9.40 Å². The van der Waals surface area contributed by atoms with E-state index < -0.39 is 16.0 Å². The fraction of sp³-hybridized carbons (Fsp3) is 0.250. The minimum atomic E-state index is -3.74. The molecule has 3 heterocycles. The largest absolute Gasteiger partial charge is 0.477 e. The summed E-state index contributed by atoms with van der Waals surface area (Å²) in [5, 5.41) is 14.2. The van der Waals surface area contributed by atoms with Crippen molar-refractivity contribution in [2.24, 2.45) is 7.05 Å². The zero-order valence-corrected chi connectivity index (χ0v) is 15.0. The highest BCUT2D eigenvalue weighted by atomic mass is 32.2. The van der Waals surface area contributed by atoms with E-state index in [1.54, 1.807) is 31.3 Å². The number of hydrogen-bond donors (Lipinski definition) is 1. The van der Waals surface area contributed by atoms with Crippen LogP contribution in [0.3, 0.4) is 0 Å². The van der Waals surface area contributed by atoms with Gasteiger partial charge < -0.3 is 5.11 Å². The quantitative estimate of drug-likeness (QED) is 0.754. The van der Waals surface area contributed by atoms with Gasteiger partial charge in [0.05, 0.1) is 5.52 Å². The van der Waals surface area contributed by atoms with E-state index in [2.05, 4.69) is 5.10 Å². The van der Waals surface area contributed by atoms with E-state index in [1.165, 1.54) is 8.99 Å².